The summed E-state index contributed by atoms with van der Waals surface area (Å²) in [6.45, 7) is 8.44. The molecule has 0 spiro atoms. The molecule has 1 fully saturated rings. The number of rotatable bonds is 2. The lowest BCUT2D eigenvalue weighted by molar-refractivity contribution is -0.160. The summed E-state index contributed by atoms with van der Waals surface area (Å²) in [6.07, 6.45) is 0.0751. The predicted molar refractivity (Wildman–Crippen MR) is 61.1 cm³/mol. The quantitative estimate of drug-likeness (QED) is 0.739. The van der Waals surface area contributed by atoms with Gasteiger partial charge in [-0.1, -0.05) is 34.6 Å². The van der Waals surface area contributed by atoms with Gasteiger partial charge in [-0.25, -0.2) is 4.79 Å². The number of carboxylic acid groups (broad SMARTS) is 1. The molecule has 5 heteroatoms. The summed E-state index contributed by atoms with van der Waals surface area (Å²) in [5.74, 6) is -1.94. The number of amides is 2. The number of hydrogen-bond acceptors (Lipinski definition) is 3. The Kier molecular flexibility index (Phi) is 3.07. The highest BCUT2D eigenvalue weighted by molar-refractivity contribution is 6.08. The zero-order valence-electron chi connectivity index (χ0n) is 10.9. The van der Waals surface area contributed by atoms with Crippen molar-refractivity contribution in [2.75, 3.05) is 0 Å². The third-order valence-corrected chi connectivity index (χ3v) is 2.97. The van der Waals surface area contributed by atoms with E-state index in [2.05, 4.69) is 0 Å². The molecule has 1 unspecified atom stereocenters. The van der Waals surface area contributed by atoms with E-state index >= 15 is 0 Å². The third kappa shape index (κ3) is 2.33. The lowest BCUT2D eigenvalue weighted by Crippen LogP contribution is -2.52. The Bertz CT molecular complexity index is 378. The van der Waals surface area contributed by atoms with Crippen LogP contribution in [0.5, 0.6) is 0 Å². The summed E-state index contributed by atoms with van der Waals surface area (Å²) >= 11 is 0. The fourth-order valence-electron chi connectivity index (χ4n) is 2.11. The summed E-state index contributed by atoms with van der Waals surface area (Å²) in [7, 11) is 0. The highest BCUT2D eigenvalue weighted by atomic mass is 16.4. The largest absolute Gasteiger partial charge is 0.480 e. The number of nitrogens with zero attached hydrogens (tertiary/aromatic N) is 1. The van der Waals surface area contributed by atoms with E-state index in [0.29, 0.717) is 0 Å². The van der Waals surface area contributed by atoms with Crippen molar-refractivity contribution in [3.63, 3.8) is 0 Å². The highest BCUT2D eigenvalue weighted by Crippen LogP contribution is 2.37. The average Bonchev–Trinajstić information content (AvgIpc) is 2.25. The van der Waals surface area contributed by atoms with Gasteiger partial charge in [-0.2, -0.15) is 0 Å². The smallest absolute Gasteiger partial charge is 0.327 e. The van der Waals surface area contributed by atoms with Gasteiger partial charge in [0.05, 0.1) is 5.41 Å². The molecule has 1 aliphatic heterocycles. The highest BCUT2D eigenvalue weighted by Gasteiger charge is 2.52. The Morgan fingerprint density at radius 1 is 1.35 bits per heavy atom. The van der Waals surface area contributed by atoms with Crippen LogP contribution in [0, 0.1) is 10.8 Å². The monoisotopic (exact) mass is 241 g/mol. The number of likely N-dealkylation sites (tertiary alicyclic amines) is 1. The maximum Gasteiger partial charge on any atom is 0.327 e. The molecule has 2 amide bonds. The third-order valence-electron chi connectivity index (χ3n) is 2.97. The van der Waals surface area contributed by atoms with Crippen LogP contribution in [0.15, 0.2) is 0 Å². The van der Waals surface area contributed by atoms with Crippen molar-refractivity contribution in [2.45, 2.75) is 47.1 Å². The van der Waals surface area contributed by atoms with Gasteiger partial charge in [0.15, 0.2) is 0 Å². The molecule has 0 bridgehead atoms. The number of imide groups is 1. The standard InChI is InChI=1S/C12H19NO4/c1-11(2,3)8(9(15)16)13-7(14)6-12(4,5)10(13)17/h8H,6H2,1-5H3,(H,15,16). The van der Waals surface area contributed by atoms with E-state index in [1.807, 2.05) is 0 Å². The maximum absolute atomic E-state index is 12.1. The molecule has 0 radical (unpaired) electrons. The first-order chi connectivity index (χ1) is 7.48. The maximum atomic E-state index is 12.1. The minimum atomic E-state index is -1.14. The van der Waals surface area contributed by atoms with Gasteiger partial charge in [0.25, 0.3) is 0 Å². The Morgan fingerprint density at radius 2 is 1.82 bits per heavy atom. The van der Waals surface area contributed by atoms with Gasteiger partial charge in [-0.15, -0.1) is 0 Å². The first-order valence-corrected chi connectivity index (χ1v) is 5.58. The topological polar surface area (TPSA) is 74.7 Å². The first-order valence-electron chi connectivity index (χ1n) is 5.58. The second-order valence-corrected chi connectivity index (χ2v) is 6.24. The van der Waals surface area contributed by atoms with Crippen LogP contribution in [-0.2, 0) is 14.4 Å². The zero-order valence-corrected chi connectivity index (χ0v) is 10.9. The molecule has 5 nitrogen and oxygen atoms in total. The molecule has 0 saturated carbocycles. The molecule has 0 aromatic heterocycles. The van der Waals surface area contributed by atoms with Gasteiger partial charge in [0, 0.05) is 6.42 Å². The lowest BCUT2D eigenvalue weighted by atomic mass is 9.85. The van der Waals surface area contributed by atoms with Crippen LogP contribution in [0.4, 0.5) is 0 Å². The van der Waals surface area contributed by atoms with E-state index in [1.165, 1.54) is 0 Å². The molecule has 0 aromatic rings. The average molecular weight is 241 g/mol. The molecule has 1 saturated heterocycles. The predicted octanol–water partition coefficient (Wildman–Crippen LogP) is 1.27. The summed E-state index contributed by atoms with van der Waals surface area (Å²) in [5.41, 5.74) is -1.48. The van der Waals surface area contributed by atoms with Crippen LogP contribution in [0.25, 0.3) is 0 Å². The van der Waals surface area contributed by atoms with Crippen LogP contribution < -0.4 is 0 Å². The molecule has 1 N–H and O–H groups in total. The van der Waals surface area contributed by atoms with E-state index in [0.717, 1.165) is 4.90 Å². The molecule has 0 aromatic carbocycles. The van der Waals surface area contributed by atoms with E-state index in [9.17, 15) is 19.5 Å². The Morgan fingerprint density at radius 3 is 2.06 bits per heavy atom. The Hall–Kier alpha value is -1.39. The van der Waals surface area contributed by atoms with Crippen molar-refractivity contribution in [3.05, 3.63) is 0 Å². The number of aliphatic carboxylic acids is 1. The minimum absolute atomic E-state index is 0.0751. The molecule has 1 aliphatic rings. The van der Waals surface area contributed by atoms with Crippen molar-refractivity contribution in [2.24, 2.45) is 10.8 Å². The van der Waals surface area contributed by atoms with Crippen LogP contribution in [0.3, 0.4) is 0 Å². The summed E-state index contributed by atoms with van der Waals surface area (Å²) in [5, 5.41) is 9.23. The van der Waals surface area contributed by atoms with Gasteiger partial charge in [-0.3, -0.25) is 14.5 Å². The SMILES string of the molecule is CC1(C)CC(=O)N(C(C(=O)O)C(C)(C)C)C1=O. The van der Waals surface area contributed by atoms with Crippen molar-refractivity contribution in [3.8, 4) is 0 Å². The van der Waals surface area contributed by atoms with Crippen molar-refractivity contribution >= 4 is 17.8 Å². The fourth-order valence-corrected chi connectivity index (χ4v) is 2.11. The number of carbonyl (C=O) groups is 3. The molecular formula is C12H19NO4. The Labute approximate surface area is 101 Å². The molecule has 0 aliphatic carbocycles. The molecule has 1 heterocycles. The van der Waals surface area contributed by atoms with Crippen molar-refractivity contribution in [1.82, 2.24) is 4.90 Å². The fraction of sp³-hybridized carbons (Fsp3) is 0.750. The van der Waals surface area contributed by atoms with Crippen LogP contribution in [0.1, 0.15) is 41.0 Å². The molecule has 96 valence electrons. The van der Waals surface area contributed by atoms with Gasteiger partial charge < -0.3 is 5.11 Å². The van der Waals surface area contributed by atoms with Crippen molar-refractivity contribution in [1.29, 1.82) is 0 Å². The van der Waals surface area contributed by atoms with Gasteiger partial charge in [-0.05, 0) is 5.41 Å². The van der Waals surface area contributed by atoms with E-state index < -0.39 is 34.7 Å². The first kappa shape index (κ1) is 13.7. The van der Waals surface area contributed by atoms with E-state index in [-0.39, 0.29) is 6.42 Å². The summed E-state index contributed by atoms with van der Waals surface area (Å²) in [4.78, 5) is 36.1. The normalized spacial score (nSPS) is 21.8. The summed E-state index contributed by atoms with van der Waals surface area (Å²) in [6, 6.07) is -1.11. The molecule has 17 heavy (non-hydrogen) atoms. The summed E-state index contributed by atoms with van der Waals surface area (Å²) < 4.78 is 0. The second kappa shape index (κ2) is 3.82. The van der Waals surface area contributed by atoms with Gasteiger partial charge >= 0.3 is 5.97 Å². The van der Waals surface area contributed by atoms with Crippen molar-refractivity contribution < 1.29 is 19.5 Å². The van der Waals surface area contributed by atoms with Gasteiger partial charge in [0.2, 0.25) is 11.8 Å². The molecule has 1 atom stereocenters. The lowest BCUT2D eigenvalue weighted by Gasteiger charge is -2.34. The van der Waals surface area contributed by atoms with Crippen LogP contribution in [0.2, 0.25) is 0 Å². The molecular weight excluding hydrogens is 222 g/mol. The van der Waals surface area contributed by atoms with Crippen LogP contribution in [-0.4, -0.2) is 33.8 Å². The van der Waals surface area contributed by atoms with E-state index in [1.54, 1.807) is 34.6 Å². The molecule has 1 rings (SSSR count). The van der Waals surface area contributed by atoms with Crippen LogP contribution >= 0.6 is 0 Å². The number of hydrogen-bond donors (Lipinski definition) is 1. The van der Waals surface area contributed by atoms with Gasteiger partial charge in [0.1, 0.15) is 6.04 Å². The van der Waals surface area contributed by atoms with E-state index in [4.69, 9.17) is 0 Å². The number of carbonyl (C=O) groups excluding carboxylic acids is 2. The number of carboxylic acids is 1. The zero-order chi connectivity index (χ0) is 13.6. The Balaban J connectivity index is 3.18. The second-order valence-electron chi connectivity index (χ2n) is 6.24. The minimum Gasteiger partial charge on any atom is -0.480 e.